The van der Waals surface area contributed by atoms with Gasteiger partial charge in [0.05, 0.1) is 19.4 Å². The van der Waals surface area contributed by atoms with Gasteiger partial charge >= 0.3 is 5.97 Å². The van der Waals surface area contributed by atoms with Gasteiger partial charge in [-0.25, -0.2) is 9.48 Å². The molecule has 1 aliphatic carbocycles. The smallest absolute Gasteiger partial charge is 0.329 e. The molecule has 1 aromatic heterocycles. The Bertz CT molecular complexity index is 1170. The molecule has 1 aliphatic rings. The summed E-state index contributed by atoms with van der Waals surface area (Å²) >= 11 is 0. The van der Waals surface area contributed by atoms with Crippen LogP contribution in [0.5, 0.6) is 5.75 Å². The Kier molecular flexibility index (Phi) is 7.75. The summed E-state index contributed by atoms with van der Waals surface area (Å²) in [6.07, 6.45) is 3.85. The molecule has 34 heavy (non-hydrogen) atoms. The van der Waals surface area contributed by atoms with Crippen LogP contribution in [0.1, 0.15) is 25.7 Å². The van der Waals surface area contributed by atoms with E-state index in [4.69, 9.17) is 19.7 Å². The molecule has 178 valence electrons. The molecule has 4 rings (SSSR count). The summed E-state index contributed by atoms with van der Waals surface area (Å²) < 4.78 is 12.4. The fourth-order valence-electron chi connectivity index (χ4n) is 4.64. The summed E-state index contributed by atoms with van der Waals surface area (Å²) in [5, 5.41) is 13.6. The van der Waals surface area contributed by atoms with Crippen molar-refractivity contribution < 1.29 is 19.4 Å². The number of carboxylic acid groups (broad SMARTS) is 1. The average molecular weight is 463 g/mol. The zero-order chi connectivity index (χ0) is 23.9. The van der Waals surface area contributed by atoms with Crippen LogP contribution in [0.15, 0.2) is 65.5 Å². The van der Waals surface area contributed by atoms with Crippen LogP contribution < -0.4 is 10.3 Å². The lowest BCUT2D eigenvalue weighted by Crippen LogP contribution is -2.29. The molecule has 1 saturated carbocycles. The quantitative estimate of drug-likeness (QED) is 0.504. The van der Waals surface area contributed by atoms with Crippen molar-refractivity contribution in [1.29, 1.82) is 0 Å². The molecule has 0 aliphatic heterocycles. The van der Waals surface area contributed by atoms with E-state index in [1.165, 1.54) is 0 Å². The molecule has 0 radical (unpaired) electrons. The van der Waals surface area contributed by atoms with Gasteiger partial charge in [-0.2, -0.15) is 5.10 Å². The van der Waals surface area contributed by atoms with Gasteiger partial charge in [-0.15, -0.1) is 0 Å². The first-order valence-electron chi connectivity index (χ1n) is 11.7. The molecule has 0 spiro atoms. The molecule has 0 bridgehead atoms. The second-order valence-corrected chi connectivity index (χ2v) is 8.79. The van der Waals surface area contributed by atoms with Gasteiger partial charge in [-0.05, 0) is 43.6 Å². The van der Waals surface area contributed by atoms with Crippen molar-refractivity contribution in [3.05, 3.63) is 71.0 Å². The Labute approximate surface area is 199 Å². The van der Waals surface area contributed by atoms with Crippen molar-refractivity contribution in [2.24, 2.45) is 11.8 Å². The number of methoxy groups -OCH3 is 1. The van der Waals surface area contributed by atoms with Crippen molar-refractivity contribution in [3.63, 3.8) is 0 Å². The molecule has 3 aromatic rings. The molecule has 7 heteroatoms. The molecular formula is C27H30N2O5. The number of benzene rings is 2. The van der Waals surface area contributed by atoms with E-state index in [0.29, 0.717) is 30.7 Å². The predicted molar refractivity (Wildman–Crippen MR) is 130 cm³/mol. The van der Waals surface area contributed by atoms with Gasteiger partial charge in [0.2, 0.25) is 0 Å². The molecule has 7 nitrogen and oxygen atoms in total. The minimum atomic E-state index is -0.940. The van der Waals surface area contributed by atoms with Gasteiger partial charge in [0.1, 0.15) is 12.4 Å². The summed E-state index contributed by atoms with van der Waals surface area (Å²) in [7, 11) is 1.62. The van der Waals surface area contributed by atoms with E-state index in [-0.39, 0.29) is 12.2 Å². The molecule has 1 N–H and O–H groups in total. The van der Waals surface area contributed by atoms with E-state index >= 15 is 0 Å². The minimum absolute atomic E-state index is 0.132. The van der Waals surface area contributed by atoms with Crippen LogP contribution in [-0.4, -0.2) is 41.2 Å². The van der Waals surface area contributed by atoms with Gasteiger partial charge in [-0.1, -0.05) is 48.5 Å². The lowest BCUT2D eigenvalue weighted by atomic mass is 9.82. The largest absolute Gasteiger partial charge is 0.496 e. The van der Waals surface area contributed by atoms with Crippen LogP contribution in [0.2, 0.25) is 0 Å². The number of rotatable bonds is 9. The number of para-hydroxylation sites is 1. The Hall–Kier alpha value is -3.45. The number of carbonyl (C=O) groups is 1. The van der Waals surface area contributed by atoms with Gasteiger partial charge < -0.3 is 14.6 Å². The van der Waals surface area contributed by atoms with E-state index in [1.54, 1.807) is 17.9 Å². The number of hydrogen-bond acceptors (Lipinski definition) is 5. The van der Waals surface area contributed by atoms with Crippen molar-refractivity contribution in [2.75, 3.05) is 20.3 Å². The summed E-state index contributed by atoms with van der Waals surface area (Å²) in [5.74, 6) is 0.474. The maximum Gasteiger partial charge on any atom is 0.329 e. The van der Waals surface area contributed by atoms with Gasteiger partial charge in [0.15, 0.2) is 0 Å². The first-order valence-corrected chi connectivity index (χ1v) is 11.7. The Balaban J connectivity index is 1.57. The standard InChI is InChI=1S/C27H30N2O5/c1-33-24-10-6-5-9-22(24)23-15-25(30)29(28-27(23)21-7-3-2-4-8-21)16-19-11-13-20(14-12-19)17-34-18-26(31)32/h2-10,15,19-20H,11-14,16-18H2,1H3,(H,31,32)/t19-,20+. The minimum Gasteiger partial charge on any atom is -0.496 e. The van der Waals surface area contributed by atoms with Crippen LogP contribution in [-0.2, 0) is 16.1 Å². The normalized spacial score (nSPS) is 17.9. The topological polar surface area (TPSA) is 90.7 Å². The Morgan fingerprint density at radius 3 is 2.38 bits per heavy atom. The third-order valence-corrected chi connectivity index (χ3v) is 6.42. The van der Waals surface area contributed by atoms with Crippen LogP contribution in [0.3, 0.4) is 0 Å². The van der Waals surface area contributed by atoms with Gasteiger partial charge in [0.25, 0.3) is 5.56 Å². The summed E-state index contributed by atoms with van der Waals surface area (Å²) in [6.45, 7) is 0.788. The van der Waals surface area contributed by atoms with E-state index in [1.807, 2.05) is 54.6 Å². The van der Waals surface area contributed by atoms with E-state index < -0.39 is 5.97 Å². The van der Waals surface area contributed by atoms with Crippen LogP contribution in [0.25, 0.3) is 22.4 Å². The number of hydrogen-bond donors (Lipinski definition) is 1. The maximum absolute atomic E-state index is 13.1. The molecular weight excluding hydrogens is 432 g/mol. The molecule has 0 saturated heterocycles. The lowest BCUT2D eigenvalue weighted by Gasteiger charge is -2.28. The lowest BCUT2D eigenvalue weighted by molar-refractivity contribution is -0.142. The highest BCUT2D eigenvalue weighted by Gasteiger charge is 2.23. The third-order valence-electron chi connectivity index (χ3n) is 6.42. The number of aromatic nitrogens is 2. The summed E-state index contributed by atoms with van der Waals surface area (Å²) in [5.41, 5.74) is 3.15. The van der Waals surface area contributed by atoms with Crippen molar-refractivity contribution >= 4 is 5.97 Å². The van der Waals surface area contributed by atoms with E-state index in [9.17, 15) is 9.59 Å². The zero-order valence-electron chi connectivity index (χ0n) is 19.4. The highest BCUT2D eigenvalue weighted by molar-refractivity contribution is 5.83. The first kappa shape index (κ1) is 23.7. The van der Waals surface area contributed by atoms with Crippen molar-refractivity contribution in [3.8, 4) is 28.1 Å². The highest BCUT2D eigenvalue weighted by atomic mass is 16.5. The zero-order valence-corrected chi connectivity index (χ0v) is 19.4. The third kappa shape index (κ3) is 5.72. The summed E-state index contributed by atoms with van der Waals surface area (Å²) in [6, 6.07) is 19.2. The molecule has 0 unspecified atom stereocenters. The fraction of sp³-hybridized carbons (Fsp3) is 0.370. The number of ether oxygens (including phenoxy) is 2. The molecule has 0 amide bonds. The average Bonchev–Trinajstić information content (AvgIpc) is 2.86. The second kappa shape index (κ2) is 11.1. The Morgan fingerprint density at radius 1 is 1.00 bits per heavy atom. The van der Waals surface area contributed by atoms with Crippen LogP contribution in [0.4, 0.5) is 0 Å². The molecule has 1 fully saturated rings. The Morgan fingerprint density at radius 2 is 1.68 bits per heavy atom. The maximum atomic E-state index is 13.1. The highest BCUT2D eigenvalue weighted by Crippen LogP contribution is 2.35. The molecule has 1 heterocycles. The number of carboxylic acids is 1. The summed E-state index contributed by atoms with van der Waals surface area (Å²) in [4.78, 5) is 23.8. The van der Waals surface area contributed by atoms with Crippen molar-refractivity contribution in [1.82, 2.24) is 9.78 Å². The first-order chi connectivity index (χ1) is 16.5. The number of nitrogens with zero attached hydrogens (tertiary/aromatic N) is 2. The van der Waals surface area contributed by atoms with Gasteiger partial charge in [-0.3, -0.25) is 4.79 Å². The monoisotopic (exact) mass is 462 g/mol. The SMILES string of the molecule is COc1ccccc1-c1cc(=O)n(C[C@H]2CC[C@@H](COCC(=O)O)CC2)nc1-c1ccccc1. The van der Waals surface area contributed by atoms with Crippen LogP contribution >= 0.6 is 0 Å². The predicted octanol–water partition coefficient (Wildman–Crippen LogP) is 4.49. The molecule has 0 atom stereocenters. The van der Waals surface area contributed by atoms with E-state index in [0.717, 1.165) is 48.1 Å². The second-order valence-electron chi connectivity index (χ2n) is 8.79. The van der Waals surface area contributed by atoms with E-state index in [2.05, 4.69) is 0 Å². The molecule has 2 aromatic carbocycles. The van der Waals surface area contributed by atoms with Crippen molar-refractivity contribution in [2.45, 2.75) is 32.2 Å². The fourth-order valence-corrected chi connectivity index (χ4v) is 4.64. The van der Waals surface area contributed by atoms with Crippen LogP contribution in [0, 0.1) is 11.8 Å². The number of aliphatic carboxylic acids is 1. The van der Waals surface area contributed by atoms with Gasteiger partial charge in [0, 0.05) is 29.3 Å².